The standard InChI is InChI=1S/C24H30N2O8S/c1-15-8-10-26(11-9-15)35(29,30)16-6-7-20(31-2)18(12-16)23(27)25-19-14-22(33-4)21(32-3)13-17(19)24(28)34-5/h6-7,12-15H,8-11H2,1-5H3,(H,25,27). The van der Waals surface area contributed by atoms with Crippen molar-refractivity contribution in [3.05, 3.63) is 41.5 Å². The first-order valence-corrected chi connectivity index (χ1v) is 12.4. The fourth-order valence-corrected chi connectivity index (χ4v) is 5.35. The smallest absolute Gasteiger partial charge is 0.340 e. The van der Waals surface area contributed by atoms with E-state index in [4.69, 9.17) is 18.9 Å². The Morgan fingerprint density at radius 2 is 1.49 bits per heavy atom. The summed E-state index contributed by atoms with van der Waals surface area (Å²) in [6, 6.07) is 6.93. The highest BCUT2D eigenvalue weighted by Gasteiger charge is 2.30. The van der Waals surface area contributed by atoms with Gasteiger partial charge in [0, 0.05) is 25.2 Å². The number of nitrogens with zero attached hydrogens (tertiary/aromatic N) is 1. The molecule has 1 heterocycles. The van der Waals surface area contributed by atoms with E-state index in [1.807, 2.05) is 0 Å². The number of carbonyl (C=O) groups is 2. The van der Waals surface area contributed by atoms with Gasteiger partial charge in [0.05, 0.1) is 50.1 Å². The lowest BCUT2D eigenvalue weighted by atomic mass is 10.0. The number of esters is 1. The summed E-state index contributed by atoms with van der Waals surface area (Å²) in [4.78, 5) is 25.6. The highest BCUT2D eigenvalue weighted by Crippen LogP contribution is 2.35. The second-order valence-corrected chi connectivity index (χ2v) is 10.1. The van der Waals surface area contributed by atoms with E-state index in [9.17, 15) is 18.0 Å². The first kappa shape index (κ1) is 26.3. The molecule has 0 atom stereocenters. The van der Waals surface area contributed by atoms with E-state index in [1.165, 1.54) is 63.1 Å². The minimum absolute atomic E-state index is 0.00967. The molecule has 2 aromatic rings. The molecule has 0 aromatic heterocycles. The predicted octanol–water partition coefficient (Wildman–Crippen LogP) is 3.17. The molecule has 1 N–H and O–H groups in total. The molecule has 190 valence electrons. The van der Waals surface area contributed by atoms with Gasteiger partial charge in [0.1, 0.15) is 5.75 Å². The third-order valence-corrected chi connectivity index (χ3v) is 7.87. The topological polar surface area (TPSA) is 120 Å². The average Bonchev–Trinajstić information content (AvgIpc) is 2.87. The molecule has 0 radical (unpaired) electrons. The van der Waals surface area contributed by atoms with E-state index in [1.54, 1.807) is 0 Å². The zero-order chi connectivity index (χ0) is 25.8. The van der Waals surface area contributed by atoms with Crippen LogP contribution in [-0.2, 0) is 14.8 Å². The van der Waals surface area contributed by atoms with Crippen molar-refractivity contribution >= 4 is 27.6 Å². The van der Waals surface area contributed by atoms with Crippen LogP contribution in [0.25, 0.3) is 0 Å². The Labute approximate surface area is 205 Å². The van der Waals surface area contributed by atoms with Crippen molar-refractivity contribution in [3.63, 3.8) is 0 Å². The second-order valence-electron chi connectivity index (χ2n) is 8.15. The number of amides is 1. The van der Waals surface area contributed by atoms with Crippen LogP contribution < -0.4 is 19.5 Å². The Balaban J connectivity index is 2.00. The monoisotopic (exact) mass is 506 g/mol. The number of ether oxygens (including phenoxy) is 4. The second kappa shape index (κ2) is 11.0. The van der Waals surface area contributed by atoms with Crippen LogP contribution in [0.3, 0.4) is 0 Å². The van der Waals surface area contributed by atoms with Crippen LogP contribution in [-0.4, -0.2) is 66.1 Å². The number of sulfonamides is 1. The molecule has 0 saturated carbocycles. The van der Waals surface area contributed by atoms with Crippen molar-refractivity contribution in [2.45, 2.75) is 24.7 Å². The van der Waals surface area contributed by atoms with E-state index < -0.39 is 21.9 Å². The number of hydrogen-bond donors (Lipinski definition) is 1. The molecule has 0 bridgehead atoms. The lowest BCUT2D eigenvalue weighted by Gasteiger charge is -2.29. The number of methoxy groups -OCH3 is 4. The molecule has 0 aliphatic carbocycles. The number of benzene rings is 2. The Morgan fingerprint density at radius 3 is 2.06 bits per heavy atom. The molecule has 2 aromatic carbocycles. The highest BCUT2D eigenvalue weighted by molar-refractivity contribution is 7.89. The number of rotatable bonds is 8. The van der Waals surface area contributed by atoms with Crippen LogP contribution in [0.1, 0.15) is 40.5 Å². The molecule has 1 saturated heterocycles. The third kappa shape index (κ3) is 5.51. The molecular formula is C24H30N2O8S. The van der Waals surface area contributed by atoms with E-state index in [0.717, 1.165) is 12.8 Å². The van der Waals surface area contributed by atoms with E-state index in [2.05, 4.69) is 12.2 Å². The molecule has 1 aliphatic rings. The van der Waals surface area contributed by atoms with Gasteiger partial charge in [-0.05, 0) is 37.0 Å². The summed E-state index contributed by atoms with van der Waals surface area (Å²) in [5.41, 5.74) is 0.119. The van der Waals surface area contributed by atoms with Crippen molar-refractivity contribution in [1.29, 1.82) is 0 Å². The average molecular weight is 507 g/mol. The third-order valence-electron chi connectivity index (χ3n) is 5.97. The predicted molar refractivity (Wildman–Crippen MR) is 129 cm³/mol. The van der Waals surface area contributed by atoms with Crippen molar-refractivity contribution in [2.75, 3.05) is 46.8 Å². The van der Waals surface area contributed by atoms with Gasteiger partial charge in [-0.25, -0.2) is 13.2 Å². The number of nitrogens with one attached hydrogen (secondary N) is 1. The lowest BCUT2D eigenvalue weighted by Crippen LogP contribution is -2.38. The zero-order valence-corrected chi connectivity index (χ0v) is 21.2. The van der Waals surface area contributed by atoms with Gasteiger partial charge in [-0.3, -0.25) is 4.79 Å². The van der Waals surface area contributed by atoms with Crippen molar-refractivity contribution in [2.24, 2.45) is 5.92 Å². The maximum absolute atomic E-state index is 13.3. The Kier molecular flexibility index (Phi) is 8.23. The molecule has 1 aliphatic heterocycles. The van der Waals surface area contributed by atoms with Crippen LogP contribution in [0.5, 0.6) is 17.2 Å². The molecule has 1 fully saturated rings. The summed E-state index contributed by atoms with van der Waals surface area (Å²) >= 11 is 0. The Morgan fingerprint density at radius 1 is 0.886 bits per heavy atom. The van der Waals surface area contributed by atoms with Crippen molar-refractivity contribution in [3.8, 4) is 17.2 Å². The first-order valence-electron chi connectivity index (χ1n) is 11.0. The highest BCUT2D eigenvalue weighted by atomic mass is 32.2. The van der Waals surface area contributed by atoms with Gasteiger partial charge in [-0.1, -0.05) is 6.92 Å². The Bertz CT molecular complexity index is 1200. The number of hydrogen-bond acceptors (Lipinski definition) is 8. The Hall–Kier alpha value is -3.31. The summed E-state index contributed by atoms with van der Waals surface area (Å²) in [5.74, 6) is -0.198. The first-order chi connectivity index (χ1) is 16.7. The van der Waals surface area contributed by atoms with Crippen LogP contribution in [0.15, 0.2) is 35.2 Å². The molecule has 0 spiro atoms. The van der Waals surface area contributed by atoms with Crippen LogP contribution >= 0.6 is 0 Å². The molecule has 11 heteroatoms. The zero-order valence-electron chi connectivity index (χ0n) is 20.4. The molecular weight excluding hydrogens is 476 g/mol. The van der Waals surface area contributed by atoms with Crippen LogP contribution in [0.2, 0.25) is 0 Å². The number of piperidine rings is 1. The summed E-state index contributed by atoms with van der Waals surface area (Å²) in [6.45, 7) is 2.94. The largest absolute Gasteiger partial charge is 0.496 e. The van der Waals surface area contributed by atoms with Crippen molar-refractivity contribution in [1.82, 2.24) is 4.31 Å². The van der Waals surface area contributed by atoms with Gasteiger partial charge in [0.15, 0.2) is 11.5 Å². The lowest BCUT2D eigenvalue weighted by molar-refractivity contribution is 0.0601. The summed E-state index contributed by atoms with van der Waals surface area (Å²) in [5, 5.41) is 2.64. The fourth-order valence-electron chi connectivity index (χ4n) is 3.85. The molecule has 10 nitrogen and oxygen atoms in total. The van der Waals surface area contributed by atoms with Gasteiger partial charge in [0.25, 0.3) is 5.91 Å². The van der Waals surface area contributed by atoms with Crippen LogP contribution in [0.4, 0.5) is 5.69 Å². The normalized spacial score (nSPS) is 14.8. The van der Waals surface area contributed by atoms with Gasteiger partial charge in [0.2, 0.25) is 10.0 Å². The maximum Gasteiger partial charge on any atom is 0.340 e. The van der Waals surface area contributed by atoms with Gasteiger partial charge >= 0.3 is 5.97 Å². The molecule has 0 unspecified atom stereocenters. The molecule has 1 amide bonds. The summed E-state index contributed by atoms with van der Waals surface area (Å²) in [7, 11) is 1.62. The van der Waals surface area contributed by atoms with E-state index >= 15 is 0 Å². The van der Waals surface area contributed by atoms with E-state index in [-0.39, 0.29) is 39.0 Å². The van der Waals surface area contributed by atoms with Gasteiger partial charge in [-0.2, -0.15) is 4.31 Å². The van der Waals surface area contributed by atoms with E-state index in [0.29, 0.717) is 19.0 Å². The van der Waals surface area contributed by atoms with Gasteiger partial charge < -0.3 is 24.3 Å². The quantitative estimate of drug-likeness (QED) is 0.542. The SMILES string of the molecule is COC(=O)c1cc(OC)c(OC)cc1NC(=O)c1cc(S(=O)(=O)N2CCC(C)CC2)ccc1OC. The maximum atomic E-state index is 13.3. The molecule has 35 heavy (non-hydrogen) atoms. The molecule has 3 rings (SSSR count). The minimum atomic E-state index is -3.80. The summed E-state index contributed by atoms with van der Waals surface area (Å²) in [6.07, 6.45) is 1.55. The van der Waals surface area contributed by atoms with Crippen LogP contribution in [0, 0.1) is 5.92 Å². The number of carbonyl (C=O) groups excluding carboxylic acids is 2. The summed E-state index contributed by atoms with van der Waals surface area (Å²) < 4.78 is 48.5. The van der Waals surface area contributed by atoms with Crippen molar-refractivity contribution < 1.29 is 37.0 Å². The minimum Gasteiger partial charge on any atom is -0.496 e. The fraction of sp³-hybridized carbons (Fsp3) is 0.417. The van der Waals surface area contributed by atoms with Gasteiger partial charge in [-0.15, -0.1) is 0 Å². The number of anilines is 1.